The highest BCUT2D eigenvalue weighted by atomic mass is 35.5. The first-order valence-electron chi connectivity index (χ1n) is 9.83. The van der Waals surface area contributed by atoms with E-state index in [1.165, 1.54) is 0 Å². The molecule has 0 atom stereocenters. The number of aromatic nitrogens is 2. The van der Waals surface area contributed by atoms with Crippen LogP contribution in [0.4, 0.5) is 0 Å². The number of aryl methyl sites for hydroxylation is 1. The van der Waals surface area contributed by atoms with Crippen molar-refractivity contribution in [2.75, 3.05) is 5.75 Å². The molecule has 1 saturated carbocycles. The Kier molecular flexibility index (Phi) is 4.69. The number of hydrogen-bond donors (Lipinski definition) is 2. The summed E-state index contributed by atoms with van der Waals surface area (Å²) in [6.45, 7) is 1.88. The van der Waals surface area contributed by atoms with Crippen LogP contribution in [0.3, 0.4) is 0 Å². The van der Waals surface area contributed by atoms with Crippen molar-refractivity contribution in [2.24, 2.45) is 11.8 Å². The van der Waals surface area contributed by atoms with Crippen LogP contribution in [0.2, 0.25) is 5.02 Å². The Hall–Kier alpha value is -2.29. The largest absolute Gasteiger partial charge is 0.552 e. The van der Waals surface area contributed by atoms with Gasteiger partial charge in [-0.2, -0.15) is 0 Å². The van der Waals surface area contributed by atoms with E-state index < -0.39 is 17.0 Å². The average Bonchev–Trinajstić information content (AvgIpc) is 3.12. The highest BCUT2D eigenvalue weighted by Crippen LogP contribution is 2.48. The third-order valence-electron chi connectivity index (χ3n) is 5.96. The molecule has 0 saturated heterocycles. The molecule has 3 aromatic rings. The second-order valence-corrected chi connectivity index (χ2v) is 10.5. The minimum atomic E-state index is -3.46. The molecular formula is C21H20BClN2O4S. The minimum absolute atomic E-state index is 0.0465. The highest BCUT2D eigenvalue weighted by molar-refractivity contribution is 7.91. The fourth-order valence-corrected chi connectivity index (χ4v) is 6.79. The predicted molar refractivity (Wildman–Crippen MR) is 117 cm³/mol. The topological polar surface area (TPSA) is 92.3 Å². The molecule has 154 valence electrons. The predicted octanol–water partition coefficient (Wildman–Crippen LogP) is 3.82. The van der Waals surface area contributed by atoms with Gasteiger partial charge in [-0.05, 0) is 66.9 Å². The molecule has 1 aromatic carbocycles. The summed E-state index contributed by atoms with van der Waals surface area (Å²) in [5.41, 5.74) is 3.61. The van der Waals surface area contributed by atoms with Gasteiger partial charge in [-0.1, -0.05) is 17.7 Å². The van der Waals surface area contributed by atoms with Crippen molar-refractivity contribution in [3.05, 3.63) is 58.8 Å². The Labute approximate surface area is 180 Å². The average molecular weight is 443 g/mol. The van der Waals surface area contributed by atoms with Crippen LogP contribution in [0.15, 0.2) is 47.5 Å². The van der Waals surface area contributed by atoms with Crippen molar-refractivity contribution in [1.82, 2.24) is 9.97 Å². The fourth-order valence-electron chi connectivity index (χ4n) is 4.50. The molecular weight excluding hydrogens is 423 g/mol. The molecule has 1 aliphatic carbocycles. The van der Waals surface area contributed by atoms with Gasteiger partial charge < -0.3 is 14.7 Å². The van der Waals surface area contributed by atoms with Crippen molar-refractivity contribution in [3.63, 3.8) is 0 Å². The normalized spacial score (nSPS) is 21.0. The Bertz CT molecular complexity index is 1280. The van der Waals surface area contributed by atoms with E-state index in [-0.39, 0.29) is 27.5 Å². The van der Waals surface area contributed by atoms with Gasteiger partial charge in [0.15, 0.2) is 9.84 Å². The maximum absolute atomic E-state index is 12.9. The van der Waals surface area contributed by atoms with E-state index in [0.29, 0.717) is 5.75 Å². The van der Waals surface area contributed by atoms with Gasteiger partial charge in [-0.15, -0.1) is 0 Å². The Morgan fingerprint density at radius 1 is 1.33 bits per heavy atom. The summed E-state index contributed by atoms with van der Waals surface area (Å²) in [5.74, 6) is 2.55. The summed E-state index contributed by atoms with van der Waals surface area (Å²) in [7, 11) is -4.49. The number of H-pyrrole nitrogens is 1. The maximum Gasteiger partial charge on any atom is 0.552 e. The van der Waals surface area contributed by atoms with Gasteiger partial charge in [0.1, 0.15) is 11.4 Å². The molecule has 5 rings (SSSR count). The third-order valence-corrected chi connectivity index (χ3v) is 8.32. The van der Waals surface area contributed by atoms with Crippen LogP contribution in [-0.2, 0) is 9.84 Å². The Morgan fingerprint density at radius 2 is 2.13 bits per heavy atom. The number of nitrogens with zero attached hydrogens (tertiary/aromatic N) is 1. The van der Waals surface area contributed by atoms with Crippen LogP contribution in [-0.4, -0.2) is 36.3 Å². The molecule has 3 heterocycles. The Morgan fingerprint density at radius 3 is 2.90 bits per heavy atom. The second-order valence-electron chi connectivity index (χ2n) is 8.12. The number of pyridine rings is 1. The quantitative estimate of drug-likeness (QED) is 0.599. The van der Waals surface area contributed by atoms with E-state index in [1.807, 2.05) is 19.2 Å². The number of allylic oxidation sites excluding steroid dienone is 1. The van der Waals surface area contributed by atoms with Crippen LogP contribution < -0.4 is 4.65 Å². The van der Waals surface area contributed by atoms with Gasteiger partial charge in [-0.25, -0.2) is 13.4 Å². The molecule has 0 amide bonds. The molecule has 2 aromatic heterocycles. The number of benzene rings is 1. The van der Waals surface area contributed by atoms with Crippen LogP contribution in [0.5, 0.6) is 5.75 Å². The van der Waals surface area contributed by atoms with Gasteiger partial charge >= 0.3 is 7.12 Å². The van der Waals surface area contributed by atoms with Crippen molar-refractivity contribution < 1.29 is 18.1 Å². The first-order chi connectivity index (χ1) is 14.3. The smallest absolute Gasteiger partial charge is 0.531 e. The Balaban J connectivity index is 1.37. The van der Waals surface area contributed by atoms with Gasteiger partial charge in [-0.3, -0.25) is 0 Å². The van der Waals surface area contributed by atoms with E-state index in [2.05, 4.69) is 9.97 Å². The molecule has 2 N–H and O–H groups in total. The molecule has 0 radical (unpaired) electrons. The lowest BCUT2D eigenvalue weighted by Crippen LogP contribution is -2.33. The highest BCUT2D eigenvalue weighted by Gasteiger charge is 2.39. The molecule has 6 nitrogen and oxygen atoms in total. The lowest BCUT2D eigenvalue weighted by atomic mass is 9.66. The zero-order valence-corrected chi connectivity index (χ0v) is 17.9. The number of fused-ring (bicyclic) bond motifs is 3. The summed E-state index contributed by atoms with van der Waals surface area (Å²) in [5, 5.41) is 11.3. The molecule has 9 heteroatoms. The monoisotopic (exact) mass is 442 g/mol. The van der Waals surface area contributed by atoms with Crippen molar-refractivity contribution >= 4 is 45.2 Å². The number of nitrogens with one attached hydrogen (secondary N) is 1. The van der Waals surface area contributed by atoms with E-state index in [9.17, 15) is 13.4 Å². The molecule has 0 bridgehead atoms. The van der Waals surface area contributed by atoms with Crippen LogP contribution in [0.1, 0.15) is 24.0 Å². The van der Waals surface area contributed by atoms with Crippen LogP contribution in [0.25, 0.3) is 16.6 Å². The molecule has 2 aliphatic rings. The number of hydrogen-bond acceptors (Lipinski definition) is 5. The van der Waals surface area contributed by atoms with E-state index in [1.54, 1.807) is 30.4 Å². The van der Waals surface area contributed by atoms with E-state index in [0.717, 1.165) is 40.6 Å². The molecule has 0 spiro atoms. The van der Waals surface area contributed by atoms with Crippen LogP contribution in [0, 0.1) is 18.8 Å². The van der Waals surface area contributed by atoms with Gasteiger partial charge in [0.25, 0.3) is 0 Å². The van der Waals surface area contributed by atoms with Crippen molar-refractivity contribution in [2.45, 2.75) is 24.7 Å². The van der Waals surface area contributed by atoms with Crippen molar-refractivity contribution in [1.29, 1.82) is 0 Å². The standard InChI is InChI=1S/C21H20BClN2O4S/c1-12-2-3-19(17(23)6-12)30(27,28)11-13-7-14(8-13)16-9-22(26)29-18-10-25-21-15(20(16)18)4-5-24-21/h2-6,9-10,13-14,26H,7-8,11H2,1H3,(H,24,25). The van der Waals surface area contributed by atoms with Crippen molar-refractivity contribution in [3.8, 4) is 5.75 Å². The zero-order valence-electron chi connectivity index (χ0n) is 16.3. The second kappa shape index (κ2) is 7.15. The number of halogens is 1. The fraction of sp³-hybridized carbons (Fsp3) is 0.286. The van der Waals surface area contributed by atoms with E-state index >= 15 is 0 Å². The first kappa shape index (κ1) is 19.7. The minimum Gasteiger partial charge on any atom is -0.531 e. The molecule has 30 heavy (non-hydrogen) atoms. The summed E-state index contributed by atoms with van der Waals surface area (Å²) >= 11 is 6.19. The molecule has 1 fully saturated rings. The number of sulfone groups is 1. The summed E-state index contributed by atoms with van der Waals surface area (Å²) in [4.78, 5) is 7.62. The summed E-state index contributed by atoms with van der Waals surface area (Å²) in [6.07, 6.45) is 4.90. The SMILES string of the molecule is Cc1ccc(S(=O)(=O)CC2CC(C3=CB(O)Oc4cnc5[nH]ccc5c43)C2)c(Cl)c1. The lowest BCUT2D eigenvalue weighted by Gasteiger charge is -2.38. The summed E-state index contributed by atoms with van der Waals surface area (Å²) in [6, 6.07) is 6.98. The van der Waals surface area contributed by atoms with Gasteiger partial charge in [0, 0.05) is 17.1 Å². The van der Waals surface area contributed by atoms with E-state index in [4.69, 9.17) is 16.3 Å². The summed E-state index contributed by atoms with van der Waals surface area (Å²) < 4.78 is 31.3. The molecule has 1 aliphatic heterocycles. The molecule has 0 unspecified atom stereocenters. The lowest BCUT2D eigenvalue weighted by molar-refractivity contribution is 0.273. The number of aromatic amines is 1. The maximum atomic E-state index is 12.9. The number of rotatable bonds is 4. The van der Waals surface area contributed by atoms with Crippen LogP contribution >= 0.6 is 11.6 Å². The van der Waals surface area contributed by atoms with Gasteiger partial charge in [0.2, 0.25) is 0 Å². The zero-order chi connectivity index (χ0) is 21.0. The first-order valence-corrected chi connectivity index (χ1v) is 11.9. The third kappa shape index (κ3) is 3.33. The van der Waals surface area contributed by atoms with Gasteiger partial charge in [0.05, 0.1) is 21.9 Å².